The largest absolute Gasteiger partial charge is 0.345 e. The number of fused-ring (bicyclic) bond motifs is 3. The molecule has 176 valence electrons. The van der Waals surface area contributed by atoms with E-state index in [1.54, 1.807) is 4.57 Å². The van der Waals surface area contributed by atoms with Crippen LogP contribution in [-0.2, 0) is 6.54 Å². The minimum Gasteiger partial charge on any atom is -0.345 e. The number of aromatic nitrogens is 5. The summed E-state index contributed by atoms with van der Waals surface area (Å²) in [6.07, 6.45) is 2.37. The molecule has 1 fully saturated rings. The van der Waals surface area contributed by atoms with Crippen LogP contribution in [0.3, 0.4) is 0 Å². The van der Waals surface area contributed by atoms with Crippen molar-refractivity contribution >= 4 is 34.2 Å². The van der Waals surface area contributed by atoms with Crippen LogP contribution in [0.5, 0.6) is 0 Å². The van der Waals surface area contributed by atoms with Crippen LogP contribution < -0.4 is 5.56 Å². The Bertz CT molecular complexity index is 1640. The van der Waals surface area contributed by atoms with Crippen molar-refractivity contribution in [1.29, 1.82) is 0 Å². The van der Waals surface area contributed by atoms with Crippen LogP contribution in [0.15, 0.2) is 70.6 Å². The summed E-state index contributed by atoms with van der Waals surface area (Å²) in [4.78, 5) is 26.5. The Morgan fingerprint density at radius 1 is 1.03 bits per heavy atom. The number of carbonyl (C=O) groups excluding carboxylic acids is 1. The first kappa shape index (κ1) is 21.9. The van der Waals surface area contributed by atoms with Crippen molar-refractivity contribution in [2.75, 3.05) is 5.75 Å². The summed E-state index contributed by atoms with van der Waals surface area (Å²) in [5.41, 5.74) is 4.60. The number of hydrogen-bond donors (Lipinski definition) is 0. The standard InChI is InChI=1S/C27H25N5O2S/c1-17-14-22(18(2)31(17)20-12-13-20)24(33)16-35-27-29-28-26-30(15-19-8-4-3-5-9-19)25(34)21-10-6-7-11-23(21)32(26)27/h3-11,14,20H,12-13,15-16H2,1-2H3. The molecule has 1 aliphatic carbocycles. The third-order valence-corrected chi connectivity index (χ3v) is 7.62. The molecule has 0 radical (unpaired) electrons. The molecule has 0 aliphatic heterocycles. The fourth-order valence-corrected chi connectivity index (χ4v) is 5.72. The van der Waals surface area contributed by atoms with E-state index in [-0.39, 0.29) is 17.1 Å². The fourth-order valence-electron chi connectivity index (χ4n) is 4.90. The lowest BCUT2D eigenvalue weighted by Crippen LogP contribution is -2.24. The number of hydrogen-bond acceptors (Lipinski definition) is 5. The minimum atomic E-state index is -0.107. The molecule has 2 aromatic carbocycles. The zero-order valence-electron chi connectivity index (χ0n) is 19.6. The summed E-state index contributed by atoms with van der Waals surface area (Å²) in [5, 5.41) is 9.97. The van der Waals surface area contributed by atoms with Crippen molar-refractivity contribution in [3.63, 3.8) is 0 Å². The van der Waals surface area contributed by atoms with Crippen LogP contribution in [0.25, 0.3) is 16.7 Å². The highest BCUT2D eigenvalue weighted by Gasteiger charge is 2.28. The van der Waals surface area contributed by atoms with E-state index in [2.05, 4.69) is 21.7 Å². The molecule has 3 aromatic heterocycles. The molecule has 35 heavy (non-hydrogen) atoms. The third kappa shape index (κ3) is 3.78. The smallest absolute Gasteiger partial charge is 0.263 e. The molecule has 6 rings (SSSR count). The molecule has 7 nitrogen and oxygen atoms in total. The Kier molecular flexibility index (Phi) is 5.33. The number of nitrogens with zero attached hydrogens (tertiary/aromatic N) is 5. The molecule has 1 aliphatic rings. The van der Waals surface area contributed by atoms with Gasteiger partial charge in [0.2, 0.25) is 5.78 Å². The number of Topliss-reactive ketones (excluding diaryl/α,β-unsaturated/α-hetero) is 1. The number of benzene rings is 2. The molecular weight excluding hydrogens is 458 g/mol. The van der Waals surface area contributed by atoms with Crippen molar-refractivity contribution in [3.05, 3.63) is 93.5 Å². The minimum absolute atomic E-state index is 0.0775. The second kappa shape index (κ2) is 8.53. The van der Waals surface area contributed by atoms with Crippen molar-refractivity contribution in [2.45, 2.75) is 44.4 Å². The van der Waals surface area contributed by atoms with Crippen LogP contribution in [0.1, 0.15) is 46.2 Å². The number of para-hydroxylation sites is 1. The first-order valence-corrected chi connectivity index (χ1v) is 12.8. The molecule has 0 unspecified atom stereocenters. The first-order chi connectivity index (χ1) is 17.0. The highest BCUT2D eigenvalue weighted by atomic mass is 32.2. The molecule has 0 spiro atoms. The molecule has 5 aromatic rings. The molecule has 0 atom stereocenters. The first-order valence-electron chi connectivity index (χ1n) is 11.8. The van der Waals surface area contributed by atoms with Gasteiger partial charge in [-0.2, -0.15) is 0 Å². The maximum atomic E-state index is 13.4. The fraction of sp³-hybridized carbons (Fsp3) is 0.259. The number of aryl methyl sites for hydroxylation is 1. The maximum Gasteiger partial charge on any atom is 0.263 e. The lowest BCUT2D eigenvalue weighted by molar-refractivity contribution is 0.102. The van der Waals surface area contributed by atoms with Crippen LogP contribution in [0.2, 0.25) is 0 Å². The zero-order chi connectivity index (χ0) is 24.1. The Morgan fingerprint density at radius 2 is 1.77 bits per heavy atom. The second-order valence-electron chi connectivity index (χ2n) is 9.11. The Hall–Kier alpha value is -3.65. The summed E-state index contributed by atoms with van der Waals surface area (Å²) in [5.74, 6) is 0.801. The summed E-state index contributed by atoms with van der Waals surface area (Å²) in [6, 6.07) is 19.9. The molecular formula is C27H25N5O2S. The monoisotopic (exact) mass is 483 g/mol. The molecule has 3 heterocycles. The quantitative estimate of drug-likeness (QED) is 0.245. The van der Waals surface area contributed by atoms with E-state index < -0.39 is 0 Å². The molecule has 0 bridgehead atoms. The van der Waals surface area contributed by atoms with E-state index in [1.807, 2.05) is 72.0 Å². The molecule has 0 N–H and O–H groups in total. The van der Waals surface area contributed by atoms with Gasteiger partial charge in [0.05, 0.1) is 23.2 Å². The van der Waals surface area contributed by atoms with Crippen LogP contribution in [-0.4, -0.2) is 35.3 Å². The van der Waals surface area contributed by atoms with Crippen molar-refractivity contribution in [1.82, 2.24) is 23.7 Å². The Balaban J connectivity index is 1.38. The summed E-state index contributed by atoms with van der Waals surface area (Å²) < 4.78 is 5.84. The maximum absolute atomic E-state index is 13.4. The third-order valence-electron chi connectivity index (χ3n) is 6.69. The average molecular weight is 484 g/mol. The molecule has 0 amide bonds. The molecule has 1 saturated carbocycles. The van der Waals surface area contributed by atoms with E-state index >= 15 is 0 Å². The van der Waals surface area contributed by atoms with Gasteiger partial charge in [-0.3, -0.25) is 18.6 Å². The van der Waals surface area contributed by atoms with Gasteiger partial charge in [0.25, 0.3) is 5.56 Å². The van der Waals surface area contributed by atoms with Gasteiger partial charge in [-0.15, -0.1) is 10.2 Å². The Labute approximate surface area is 206 Å². The zero-order valence-corrected chi connectivity index (χ0v) is 20.5. The normalized spacial score (nSPS) is 13.7. The lowest BCUT2D eigenvalue weighted by atomic mass is 10.2. The van der Waals surface area contributed by atoms with Crippen LogP contribution in [0.4, 0.5) is 0 Å². The predicted octanol–water partition coefficient (Wildman–Crippen LogP) is 4.82. The summed E-state index contributed by atoms with van der Waals surface area (Å²) >= 11 is 1.36. The van der Waals surface area contributed by atoms with Crippen LogP contribution in [0, 0.1) is 13.8 Å². The number of thioether (sulfide) groups is 1. The van der Waals surface area contributed by atoms with E-state index in [4.69, 9.17) is 0 Å². The Morgan fingerprint density at radius 3 is 2.54 bits per heavy atom. The van der Waals surface area contributed by atoms with Gasteiger partial charge in [-0.25, -0.2) is 0 Å². The van der Waals surface area contributed by atoms with E-state index in [0.29, 0.717) is 28.9 Å². The van der Waals surface area contributed by atoms with Gasteiger partial charge in [-0.1, -0.05) is 54.2 Å². The van der Waals surface area contributed by atoms with E-state index in [1.165, 1.54) is 24.6 Å². The SMILES string of the molecule is Cc1cc(C(=O)CSc2nnc3n(Cc4ccccc4)c(=O)c4ccccc4n23)c(C)n1C1CC1. The lowest BCUT2D eigenvalue weighted by Gasteiger charge is -2.11. The highest BCUT2D eigenvalue weighted by Crippen LogP contribution is 2.38. The summed E-state index contributed by atoms with van der Waals surface area (Å²) in [6.45, 7) is 4.49. The number of rotatable bonds is 7. The van der Waals surface area contributed by atoms with Gasteiger partial charge < -0.3 is 4.57 Å². The van der Waals surface area contributed by atoms with Gasteiger partial charge in [0.1, 0.15) is 0 Å². The van der Waals surface area contributed by atoms with Gasteiger partial charge >= 0.3 is 0 Å². The molecule has 0 saturated heterocycles. The van der Waals surface area contributed by atoms with E-state index in [0.717, 1.165) is 28.0 Å². The van der Waals surface area contributed by atoms with E-state index in [9.17, 15) is 9.59 Å². The van der Waals surface area contributed by atoms with Crippen LogP contribution >= 0.6 is 11.8 Å². The number of ketones is 1. The second-order valence-corrected chi connectivity index (χ2v) is 10.1. The predicted molar refractivity (Wildman–Crippen MR) is 138 cm³/mol. The van der Waals surface area contributed by atoms with Crippen molar-refractivity contribution in [2.24, 2.45) is 0 Å². The van der Waals surface area contributed by atoms with Gasteiger partial charge in [0, 0.05) is 23.0 Å². The van der Waals surface area contributed by atoms with Gasteiger partial charge in [0.15, 0.2) is 10.9 Å². The van der Waals surface area contributed by atoms with Crippen molar-refractivity contribution < 1.29 is 4.79 Å². The summed E-state index contributed by atoms with van der Waals surface area (Å²) in [7, 11) is 0. The molecule has 8 heteroatoms. The highest BCUT2D eigenvalue weighted by molar-refractivity contribution is 7.99. The number of carbonyl (C=O) groups is 1. The van der Waals surface area contributed by atoms with Crippen molar-refractivity contribution in [3.8, 4) is 0 Å². The topological polar surface area (TPSA) is 74.2 Å². The average Bonchev–Trinajstić information content (AvgIpc) is 3.54. The van der Waals surface area contributed by atoms with Gasteiger partial charge in [-0.05, 0) is 50.5 Å².